The maximum atomic E-state index is 12.9. The third kappa shape index (κ3) is 7.90. The fourth-order valence-corrected chi connectivity index (χ4v) is 3.49. The summed E-state index contributed by atoms with van der Waals surface area (Å²) in [4.78, 5) is 39.1. The second-order valence-electron chi connectivity index (χ2n) is 7.91. The van der Waals surface area contributed by atoms with Gasteiger partial charge in [-0.15, -0.1) is 0 Å². The van der Waals surface area contributed by atoms with Crippen molar-refractivity contribution in [2.45, 2.75) is 45.3 Å². The number of nitrogens with zero attached hydrogens (tertiary/aromatic N) is 2. The van der Waals surface area contributed by atoms with Crippen LogP contribution in [0.15, 0.2) is 34.9 Å². The predicted octanol–water partition coefficient (Wildman–Crippen LogP) is 2.03. The van der Waals surface area contributed by atoms with Gasteiger partial charge in [0.2, 0.25) is 17.7 Å². The van der Waals surface area contributed by atoms with E-state index in [0.717, 1.165) is 18.4 Å². The summed E-state index contributed by atoms with van der Waals surface area (Å²) in [5.74, 6) is 0.582. The minimum absolute atomic E-state index is 0.0142. The molecule has 1 fully saturated rings. The zero-order valence-electron chi connectivity index (χ0n) is 19.0. The first-order valence-electron chi connectivity index (χ1n) is 10.9. The molecule has 0 saturated carbocycles. The van der Waals surface area contributed by atoms with Crippen LogP contribution in [0.5, 0.6) is 5.75 Å². The van der Waals surface area contributed by atoms with Crippen molar-refractivity contribution in [3.63, 3.8) is 0 Å². The highest BCUT2D eigenvalue weighted by Crippen LogP contribution is 2.16. The number of hydrogen-bond donors (Lipinski definition) is 2. The van der Waals surface area contributed by atoms with Crippen LogP contribution in [0, 0.1) is 6.92 Å². The van der Waals surface area contributed by atoms with Crippen molar-refractivity contribution >= 4 is 23.5 Å². The Kier molecular flexibility index (Phi) is 8.82. The summed E-state index contributed by atoms with van der Waals surface area (Å²) in [5.41, 5.74) is 0.817. The number of aromatic nitrogens is 1. The minimum atomic E-state index is -0.360. The number of methoxy groups -OCH3 is 1. The van der Waals surface area contributed by atoms with E-state index < -0.39 is 0 Å². The SMILES string of the molecule is COc1cccc(CN(CC(=O)NC[C@H]2CCCO2)C(=O)CCC(=O)Nc2cc(C)on2)c1. The Morgan fingerprint density at radius 2 is 2.06 bits per heavy atom. The van der Waals surface area contributed by atoms with E-state index >= 15 is 0 Å². The molecule has 10 heteroatoms. The van der Waals surface area contributed by atoms with E-state index in [2.05, 4.69) is 15.8 Å². The number of carbonyl (C=O) groups excluding carboxylic acids is 3. The zero-order valence-corrected chi connectivity index (χ0v) is 19.0. The van der Waals surface area contributed by atoms with Crippen molar-refractivity contribution in [3.05, 3.63) is 41.7 Å². The molecule has 1 saturated heterocycles. The molecule has 33 heavy (non-hydrogen) atoms. The predicted molar refractivity (Wildman–Crippen MR) is 119 cm³/mol. The van der Waals surface area contributed by atoms with Gasteiger partial charge < -0.3 is 29.5 Å². The second kappa shape index (κ2) is 12.0. The average Bonchev–Trinajstić information content (AvgIpc) is 3.47. The molecule has 0 unspecified atom stereocenters. The van der Waals surface area contributed by atoms with Crippen LogP contribution in [0.2, 0.25) is 0 Å². The lowest BCUT2D eigenvalue weighted by molar-refractivity contribution is -0.137. The topological polar surface area (TPSA) is 123 Å². The van der Waals surface area contributed by atoms with Crippen molar-refractivity contribution in [3.8, 4) is 5.75 Å². The standard InChI is InChI=1S/C23H30N4O6/c1-16-11-20(26-33-16)25-21(28)8-9-23(30)27(14-17-5-3-6-18(12-17)31-2)15-22(29)24-13-19-7-4-10-32-19/h3,5-6,11-12,19H,4,7-10,13-15H2,1-2H3,(H,24,29)(H,25,26,28)/t19-/m1/s1. The molecule has 1 aromatic heterocycles. The fourth-order valence-electron chi connectivity index (χ4n) is 3.49. The Morgan fingerprint density at radius 1 is 1.21 bits per heavy atom. The molecule has 1 atom stereocenters. The van der Waals surface area contributed by atoms with E-state index in [1.54, 1.807) is 26.2 Å². The first kappa shape index (κ1) is 24.2. The number of anilines is 1. The smallest absolute Gasteiger partial charge is 0.239 e. The summed E-state index contributed by atoms with van der Waals surface area (Å²) in [6.45, 7) is 2.93. The number of nitrogens with one attached hydrogen (secondary N) is 2. The highest BCUT2D eigenvalue weighted by Gasteiger charge is 2.21. The fraction of sp³-hybridized carbons (Fsp3) is 0.478. The van der Waals surface area contributed by atoms with Gasteiger partial charge in [-0.2, -0.15) is 0 Å². The summed E-state index contributed by atoms with van der Waals surface area (Å²) in [6, 6.07) is 8.88. The van der Waals surface area contributed by atoms with Gasteiger partial charge in [0.15, 0.2) is 5.82 Å². The van der Waals surface area contributed by atoms with Crippen molar-refractivity contribution < 1.29 is 28.4 Å². The van der Waals surface area contributed by atoms with Crippen molar-refractivity contribution in [2.75, 3.05) is 32.1 Å². The molecule has 1 aliphatic heterocycles. The van der Waals surface area contributed by atoms with Crippen molar-refractivity contribution in [1.82, 2.24) is 15.4 Å². The molecule has 3 rings (SSSR count). The highest BCUT2D eigenvalue weighted by atomic mass is 16.5. The van der Waals surface area contributed by atoms with Gasteiger partial charge in [-0.05, 0) is 37.5 Å². The van der Waals surface area contributed by atoms with Crippen molar-refractivity contribution in [2.24, 2.45) is 0 Å². The molecule has 10 nitrogen and oxygen atoms in total. The number of hydrogen-bond acceptors (Lipinski definition) is 7. The van der Waals surface area contributed by atoms with Gasteiger partial charge in [-0.25, -0.2) is 0 Å². The quantitative estimate of drug-likeness (QED) is 0.528. The van der Waals surface area contributed by atoms with Crippen LogP contribution in [0.25, 0.3) is 0 Å². The molecule has 2 N–H and O–H groups in total. The molecular formula is C23H30N4O6. The summed E-state index contributed by atoms with van der Waals surface area (Å²) < 4.78 is 15.7. The minimum Gasteiger partial charge on any atom is -0.497 e. The Morgan fingerprint density at radius 3 is 2.76 bits per heavy atom. The molecule has 2 aromatic rings. The molecular weight excluding hydrogens is 428 g/mol. The number of carbonyl (C=O) groups is 3. The largest absolute Gasteiger partial charge is 0.497 e. The van der Waals surface area contributed by atoms with E-state index in [0.29, 0.717) is 30.5 Å². The van der Waals surface area contributed by atoms with Crippen LogP contribution in [-0.2, 0) is 25.7 Å². The molecule has 2 heterocycles. The normalized spacial score (nSPS) is 15.2. The van der Waals surface area contributed by atoms with E-state index in [1.807, 2.05) is 18.2 Å². The summed E-state index contributed by atoms with van der Waals surface area (Å²) in [7, 11) is 1.57. The molecule has 0 bridgehead atoms. The average molecular weight is 459 g/mol. The lowest BCUT2D eigenvalue weighted by Crippen LogP contribution is -2.42. The molecule has 3 amide bonds. The van der Waals surface area contributed by atoms with E-state index in [-0.39, 0.29) is 49.8 Å². The maximum absolute atomic E-state index is 12.9. The third-order valence-electron chi connectivity index (χ3n) is 5.21. The van der Waals surface area contributed by atoms with Gasteiger partial charge in [0.05, 0.1) is 19.8 Å². The van der Waals surface area contributed by atoms with Gasteiger partial charge in [-0.1, -0.05) is 17.3 Å². The second-order valence-corrected chi connectivity index (χ2v) is 7.91. The molecule has 1 aliphatic rings. The Bertz CT molecular complexity index is 954. The van der Waals surface area contributed by atoms with Crippen LogP contribution in [0.4, 0.5) is 5.82 Å². The number of aryl methyl sites for hydroxylation is 1. The maximum Gasteiger partial charge on any atom is 0.239 e. The van der Waals surface area contributed by atoms with Crippen LogP contribution < -0.4 is 15.4 Å². The zero-order chi connectivity index (χ0) is 23.6. The number of rotatable bonds is 11. The number of ether oxygens (including phenoxy) is 2. The molecule has 1 aromatic carbocycles. The van der Waals surface area contributed by atoms with Crippen LogP contribution in [-0.4, -0.2) is 60.7 Å². The third-order valence-corrected chi connectivity index (χ3v) is 5.21. The first-order valence-corrected chi connectivity index (χ1v) is 10.9. The van der Waals surface area contributed by atoms with Gasteiger partial charge in [0.1, 0.15) is 11.5 Å². The number of amides is 3. The monoisotopic (exact) mass is 458 g/mol. The van der Waals surface area contributed by atoms with Gasteiger partial charge in [0.25, 0.3) is 0 Å². The highest BCUT2D eigenvalue weighted by molar-refractivity contribution is 5.93. The van der Waals surface area contributed by atoms with Gasteiger partial charge in [-0.3, -0.25) is 14.4 Å². The van der Waals surface area contributed by atoms with Crippen LogP contribution in [0.1, 0.15) is 37.0 Å². The Balaban J connectivity index is 1.58. The molecule has 178 valence electrons. The molecule has 0 aliphatic carbocycles. The Hall–Kier alpha value is -3.40. The summed E-state index contributed by atoms with van der Waals surface area (Å²) in [5, 5.41) is 9.13. The van der Waals surface area contributed by atoms with Gasteiger partial charge >= 0.3 is 0 Å². The van der Waals surface area contributed by atoms with E-state index in [1.165, 1.54) is 4.90 Å². The lowest BCUT2D eigenvalue weighted by atomic mass is 10.1. The van der Waals surface area contributed by atoms with Crippen molar-refractivity contribution in [1.29, 1.82) is 0 Å². The Labute approximate surface area is 192 Å². The van der Waals surface area contributed by atoms with Crippen LogP contribution in [0.3, 0.4) is 0 Å². The van der Waals surface area contributed by atoms with Crippen LogP contribution >= 0.6 is 0 Å². The summed E-state index contributed by atoms with van der Waals surface area (Å²) >= 11 is 0. The molecule has 0 spiro atoms. The lowest BCUT2D eigenvalue weighted by Gasteiger charge is -2.23. The molecule has 0 radical (unpaired) electrons. The van der Waals surface area contributed by atoms with E-state index in [9.17, 15) is 14.4 Å². The number of benzene rings is 1. The first-order chi connectivity index (χ1) is 15.9. The van der Waals surface area contributed by atoms with Gasteiger partial charge in [0, 0.05) is 38.6 Å². The van der Waals surface area contributed by atoms with E-state index in [4.69, 9.17) is 14.0 Å². The summed E-state index contributed by atoms with van der Waals surface area (Å²) in [6.07, 6.45) is 1.81.